The number of ether oxygens (including phenoxy) is 2. The monoisotopic (exact) mass is 510 g/mol. The zero-order chi connectivity index (χ0) is 25.6. The lowest BCUT2D eigenvalue weighted by molar-refractivity contribution is -0.141. The van der Waals surface area contributed by atoms with Gasteiger partial charge in [-0.05, 0) is 80.0 Å². The molecule has 0 bridgehead atoms. The molecule has 3 aromatic carbocycles. The van der Waals surface area contributed by atoms with Gasteiger partial charge in [-0.15, -0.1) is 0 Å². The van der Waals surface area contributed by atoms with Gasteiger partial charge in [0.15, 0.2) is 9.84 Å². The average molecular weight is 511 g/mol. The molecule has 4 rings (SSSR count). The third-order valence-corrected chi connectivity index (χ3v) is 8.49. The number of likely N-dealkylation sites (tertiary alicyclic amines) is 1. The highest BCUT2D eigenvalue weighted by Crippen LogP contribution is 2.36. The van der Waals surface area contributed by atoms with Crippen molar-refractivity contribution in [1.82, 2.24) is 10.4 Å². The lowest BCUT2D eigenvalue weighted by Crippen LogP contribution is -2.51. The summed E-state index contributed by atoms with van der Waals surface area (Å²) in [6.45, 7) is 1.69. The third-order valence-electron chi connectivity index (χ3n) is 6.56. The minimum atomic E-state index is -3.81. The first-order valence-electron chi connectivity index (χ1n) is 11.7. The quantitative estimate of drug-likeness (QED) is 0.331. The molecule has 2 N–H and O–H groups in total. The molecule has 0 aromatic heterocycles. The summed E-state index contributed by atoms with van der Waals surface area (Å²) in [6.07, 6.45) is 0.607. The molecule has 0 saturated carbocycles. The van der Waals surface area contributed by atoms with Crippen LogP contribution in [0, 0.1) is 5.41 Å². The third kappa shape index (κ3) is 6.04. The number of amides is 1. The predicted molar refractivity (Wildman–Crippen MR) is 135 cm³/mol. The van der Waals surface area contributed by atoms with Crippen molar-refractivity contribution < 1.29 is 27.9 Å². The fourth-order valence-corrected chi connectivity index (χ4v) is 6.38. The molecule has 1 aliphatic rings. The van der Waals surface area contributed by atoms with Gasteiger partial charge in [-0.25, -0.2) is 13.9 Å². The maximum atomic E-state index is 13.3. The highest BCUT2D eigenvalue weighted by atomic mass is 32.2. The van der Waals surface area contributed by atoms with E-state index in [0.717, 1.165) is 11.3 Å². The average Bonchev–Trinajstić information content (AvgIpc) is 2.90. The van der Waals surface area contributed by atoms with E-state index in [1.807, 2.05) is 54.6 Å². The number of sulfone groups is 1. The van der Waals surface area contributed by atoms with Crippen LogP contribution in [0.4, 0.5) is 0 Å². The van der Waals surface area contributed by atoms with Crippen molar-refractivity contribution >= 4 is 15.7 Å². The number of methoxy groups -OCH3 is 1. The number of carbonyl (C=O) groups excluding carboxylic acids is 1. The Bertz CT molecular complexity index is 1270. The predicted octanol–water partition coefficient (Wildman–Crippen LogP) is 4.05. The molecule has 9 heteroatoms. The maximum absolute atomic E-state index is 13.3. The molecule has 3 aromatic rings. The summed E-state index contributed by atoms with van der Waals surface area (Å²) in [4.78, 5) is 15.0. The number of para-hydroxylation sites is 1. The van der Waals surface area contributed by atoms with Gasteiger partial charge in [-0.3, -0.25) is 14.9 Å². The molecule has 1 fully saturated rings. The molecule has 0 spiro atoms. The van der Waals surface area contributed by atoms with Crippen molar-refractivity contribution in [2.75, 3.05) is 26.0 Å². The number of hydrogen-bond acceptors (Lipinski definition) is 7. The largest absolute Gasteiger partial charge is 0.497 e. The molecule has 1 amide bonds. The van der Waals surface area contributed by atoms with Crippen LogP contribution in [0.2, 0.25) is 0 Å². The number of nitrogens with one attached hydrogen (secondary N) is 1. The Kier molecular flexibility index (Phi) is 7.93. The molecule has 1 heterocycles. The van der Waals surface area contributed by atoms with Crippen LogP contribution < -0.4 is 15.0 Å². The van der Waals surface area contributed by atoms with E-state index in [4.69, 9.17) is 9.47 Å². The van der Waals surface area contributed by atoms with E-state index in [1.165, 1.54) is 12.1 Å². The molecule has 36 heavy (non-hydrogen) atoms. The fraction of sp³-hybridized carbons (Fsp3) is 0.296. The van der Waals surface area contributed by atoms with E-state index in [-0.39, 0.29) is 4.90 Å². The number of benzene rings is 3. The Labute approximate surface area is 211 Å². The first-order chi connectivity index (χ1) is 17.3. The van der Waals surface area contributed by atoms with E-state index in [0.29, 0.717) is 44.0 Å². The van der Waals surface area contributed by atoms with Gasteiger partial charge >= 0.3 is 0 Å². The van der Waals surface area contributed by atoms with Crippen molar-refractivity contribution in [3.63, 3.8) is 0 Å². The van der Waals surface area contributed by atoms with Gasteiger partial charge in [0.25, 0.3) is 5.91 Å². The maximum Gasteiger partial charge on any atom is 0.250 e. The lowest BCUT2D eigenvalue weighted by atomic mass is 9.79. The molecule has 1 saturated heterocycles. The Morgan fingerprint density at radius 2 is 1.58 bits per heavy atom. The number of nitrogens with zero attached hydrogens (tertiary/aromatic N) is 1. The van der Waals surface area contributed by atoms with Crippen molar-refractivity contribution in [1.29, 1.82) is 0 Å². The fourth-order valence-electron chi connectivity index (χ4n) is 4.51. The van der Waals surface area contributed by atoms with Crippen LogP contribution in [0.5, 0.6) is 17.2 Å². The van der Waals surface area contributed by atoms with Crippen LogP contribution in [-0.4, -0.2) is 50.4 Å². The highest BCUT2D eigenvalue weighted by molar-refractivity contribution is 7.91. The topological polar surface area (TPSA) is 105 Å². The smallest absolute Gasteiger partial charge is 0.250 e. The SMILES string of the molecule is COc1cccc(CN2CCC(CS(=O)(=O)c3ccc(Oc4ccccc4)cc3)(C(=O)NO)CC2)c1. The molecule has 0 radical (unpaired) electrons. The van der Waals surface area contributed by atoms with Crippen molar-refractivity contribution in [3.8, 4) is 17.2 Å². The number of carbonyl (C=O) groups is 1. The Balaban J connectivity index is 1.45. The first kappa shape index (κ1) is 25.7. The number of rotatable bonds is 9. The van der Waals surface area contributed by atoms with Gasteiger partial charge < -0.3 is 9.47 Å². The summed E-state index contributed by atoms with van der Waals surface area (Å²) in [5, 5.41) is 9.42. The van der Waals surface area contributed by atoms with Crippen LogP contribution in [-0.2, 0) is 21.2 Å². The van der Waals surface area contributed by atoms with Crippen LogP contribution in [0.15, 0.2) is 83.8 Å². The van der Waals surface area contributed by atoms with Crippen LogP contribution in [0.25, 0.3) is 0 Å². The summed E-state index contributed by atoms with van der Waals surface area (Å²) in [7, 11) is -2.19. The van der Waals surface area contributed by atoms with Gasteiger partial charge in [0, 0.05) is 6.54 Å². The molecule has 0 atom stereocenters. The standard InChI is InChI=1S/C27H30N2O6S/c1-34-24-9-5-6-21(18-24)19-29-16-14-27(15-17-29,26(30)28-31)20-36(32,33)25-12-10-23(11-13-25)35-22-7-3-2-4-8-22/h2-13,18,31H,14-17,19-20H2,1H3,(H,28,30). The molecule has 190 valence electrons. The van der Waals surface area contributed by atoms with E-state index < -0.39 is 26.9 Å². The molecule has 1 aliphatic heterocycles. The zero-order valence-corrected chi connectivity index (χ0v) is 20.9. The van der Waals surface area contributed by atoms with Gasteiger partial charge in [0.05, 0.1) is 23.2 Å². The molecule has 0 aliphatic carbocycles. The van der Waals surface area contributed by atoms with Crippen molar-refractivity contribution in [3.05, 3.63) is 84.4 Å². The second-order valence-electron chi connectivity index (χ2n) is 8.99. The summed E-state index contributed by atoms with van der Waals surface area (Å²) in [6, 6.07) is 23.1. The van der Waals surface area contributed by atoms with Crippen LogP contribution >= 0.6 is 0 Å². The van der Waals surface area contributed by atoms with Crippen molar-refractivity contribution in [2.45, 2.75) is 24.3 Å². The zero-order valence-electron chi connectivity index (χ0n) is 20.1. The second-order valence-corrected chi connectivity index (χ2v) is 11.0. The summed E-state index contributed by atoms with van der Waals surface area (Å²) >= 11 is 0. The normalized spacial score (nSPS) is 15.7. The van der Waals surface area contributed by atoms with E-state index in [2.05, 4.69) is 4.90 Å². The highest BCUT2D eigenvalue weighted by Gasteiger charge is 2.45. The Morgan fingerprint density at radius 1 is 0.944 bits per heavy atom. The van der Waals surface area contributed by atoms with Crippen molar-refractivity contribution in [2.24, 2.45) is 5.41 Å². The van der Waals surface area contributed by atoms with Crippen LogP contribution in [0.3, 0.4) is 0 Å². The minimum absolute atomic E-state index is 0.104. The summed E-state index contributed by atoms with van der Waals surface area (Å²) in [5.41, 5.74) is 1.55. The number of hydroxylamine groups is 1. The van der Waals surface area contributed by atoms with Gasteiger partial charge in [-0.1, -0.05) is 30.3 Å². The van der Waals surface area contributed by atoms with Gasteiger partial charge in [0.2, 0.25) is 0 Å². The van der Waals surface area contributed by atoms with Gasteiger partial charge in [-0.2, -0.15) is 0 Å². The molecule has 0 unspecified atom stereocenters. The van der Waals surface area contributed by atoms with E-state index in [1.54, 1.807) is 24.7 Å². The number of piperidine rings is 1. The Hall–Kier alpha value is -3.40. The molecule has 8 nitrogen and oxygen atoms in total. The summed E-state index contributed by atoms with van der Waals surface area (Å²) in [5.74, 6) is 0.861. The van der Waals surface area contributed by atoms with Gasteiger partial charge in [0.1, 0.15) is 17.2 Å². The minimum Gasteiger partial charge on any atom is -0.497 e. The number of hydrogen-bond donors (Lipinski definition) is 2. The Morgan fingerprint density at radius 3 is 2.22 bits per heavy atom. The van der Waals surface area contributed by atoms with E-state index >= 15 is 0 Å². The molecular formula is C27H30N2O6S. The second kappa shape index (κ2) is 11.1. The van der Waals surface area contributed by atoms with E-state index in [9.17, 15) is 18.4 Å². The first-order valence-corrected chi connectivity index (χ1v) is 13.3. The lowest BCUT2D eigenvalue weighted by Gasteiger charge is -2.39. The van der Waals surface area contributed by atoms with Crippen LogP contribution in [0.1, 0.15) is 18.4 Å². The summed E-state index contributed by atoms with van der Waals surface area (Å²) < 4.78 is 37.6. The molecular weight excluding hydrogens is 480 g/mol.